The standard InChI is InChI=1S/C17H20N2O3S/c1-22-17(21)15(9-10-23-2)19-16(20)13-7-8-14(18)12-6-4-3-5-11(12)13/h3-8,15H,9-10,18H2,1-2H3,(H,19,20)/t15-/m1/s1. The van der Waals surface area contributed by atoms with E-state index in [0.717, 1.165) is 16.5 Å². The highest BCUT2D eigenvalue weighted by Gasteiger charge is 2.22. The van der Waals surface area contributed by atoms with Crippen LogP contribution in [0.25, 0.3) is 10.8 Å². The van der Waals surface area contributed by atoms with E-state index < -0.39 is 12.0 Å². The van der Waals surface area contributed by atoms with Crippen molar-refractivity contribution in [1.82, 2.24) is 5.32 Å². The number of carbonyl (C=O) groups is 2. The summed E-state index contributed by atoms with van der Waals surface area (Å²) in [6.45, 7) is 0. The summed E-state index contributed by atoms with van der Waals surface area (Å²) in [5.41, 5.74) is 7.06. The molecule has 1 amide bonds. The van der Waals surface area contributed by atoms with E-state index in [1.54, 1.807) is 23.9 Å². The third-order valence-corrected chi connectivity index (χ3v) is 4.25. The number of benzene rings is 2. The van der Waals surface area contributed by atoms with Crippen LogP contribution < -0.4 is 11.1 Å². The summed E-state index contributed by atoms with van der Waals surface area (Å²) >= 11 is 1.61. The van der Waals surface area contributed by atoms with Crippen LogP contribution in [0.4, 0.5) is 5.69 Å². The van der Waals surface area contributed by atoms with Crippen molar-refractivity contribution in [2.45, 2.75) is 12.5 Å². The molecule has 0 spiro atoms. The van der Waals surface area contributed by atoms with E-state index in [4.69, 9.17) is 10.5 Å². The van der Waals surface area contributed by atoms with E-state index in [-0.39, 0.29) is 5.91 Å². The number of carbonyl (C=O) groups excluding carboxylic acids is 2. The first-order chi connectivity index (χ1) is 11.1. The molecule has 1 atom stereocenters. The van der Waals surface area contributed by atoms with Gasteiger partial charge in [0.05, 0.1) is 7.11 Å². The fraction of sp³-hybridized carbons (Fsp3) is 0.294. The summed E-state index contributed by atoms with van der Waals surface area (Å²) in [7, 11) is 1.32. The average molecular weight is 332 g/mol. The van der Waals surface area contributed by atoms with Crippen molar-refractivity contribution in [2.75, 3.05) is 24.9 Å². The van der Waals surface area contributed by atoms with Gasteiger partial charge in [0, 0.05) is 16.6 Å². The van der Waals surface area contributed by atoms with Gasteiger partial charge in [0.1, 0.15) is 6.04 Å². The predicted molar refractivity (Wildman–Crippen MR) is 94.6 cm³/mol. The van der Waals surface area contributed by atoms with Gasteiger partial charge in [-0.2, -0.15) is 11.8 Å². The van der Waals surface area contributed by atoms with Gasteiger partial charge in [-0.25, -0.2) is 4.79 Å². The SMILES string of the molecule is COC(=O)[C@@H](CCSC)NC(=O)c1ccc(N)c2ccccc12. The molecule has 0 heterocycles. The fourth-order valence-corrected chi connectivity index (χ4v) is 2.85. The molecule has 0 fully saturated rings. The Morgan fingerprint density at radius 2 is 1.91 bits per heavy atom. The Morgan fingerprint density at radius 3 is 2.57 bits per heavy atom. The lowest BCUT2D eigenvalue weighted by Crippen LogP contribution is -2.42. The molecule has 0 bridgehead atoms. The molecule has 0 aromatic heterocycles. The molecule has 0 saturated carbocycles. The molecule has 0 aliphatic rings. The summed E-state index contributed by atoms with van der Waals surface area (Å²) in [5.74, 6) is 0.00701. The van der Waals surface area contributed by atoms with Crippen molar-refractivity contribution in [3.05, 3.63) is 42.0 Å². The van der Waals surface area contributed by atoms with E-state index >= 15 is 0 Å². The van der Waals surface area contributed by atoms with Crippen LogP contribution in [0.3, 0.4) is 0 Å². The second-order valence-electron chi connectivity index (χ2n) is 5.08. The van der Waals surface area contributed by atoms with Crippen LogP contribution >= 0.6 is 11.8 Å². The minimum atomic E-state index is -0.656. The van der Waals surface area contributed by atoms with Crippen molar-refractivity contribution >= 4 is 40.1 Å². The lowest BCUT2D eigenvalue weighted by atomic mass is 10.0. The van der Waals surface area contributed by atoms with Crippen molar-refractivity contribution < 1.29 is 14.3 Å². The number of hydrogen-bond donors (Lipinski definition) is 2. The molecule has 0 saturated heterocycles. The zero-order valence-electron chi connectivity index (χ0n) is 13.2. The van der Waals surface area contributed by atoms with Crippen LogP contribution in [0.15, 0.2) is 36.4 Å². The van der Waals surface area contributed by atoms with Gasteiger partial charge in [-0.1, -0.05) is 24.3 Å². The van der Waals surface area contributed by atoms with E-state index in [1.165, 1.54) is 7.11 Å². The number of anilines is 1. The normalized spacial score (nSPS) is 11.9. The van der Waals surface area contributed by atoms with Crippen molar-refractivity contribution in [2.24, 2.45) is 0 Å². The smallest absolute Gasteiger partial charge is 0.328 e. The zero-order chi connectivity index (χ0) is 16.8. The molecule has 23 heavy (non-hydrogen) atoms. The maximum absolute atomic E-state index is 12.6. The van der Waals surface area contributed by atoms with E-state index in [2.05, 4.69) is 5.32 Å². The van der Waals surface area contributed by atoms with Crippen molar-refractivity contribution in [3.63, 3.8) is 0 Å². The maximum atomic E-state index is 12.6. The highest BCUT2D eigenvalue weighted by atomic mass is 32.2. The third kappa shape index (κ3) is 3.96. The Hall–Kier alpha value is -2.21. The second-order valence-corrected chi connectivity index (χ2v) is 6.06. The number of rotatable bonds is 6. The van der Waals surface area contributed by atoms with Crippen LogP contribution in [0.5, 0.6) is 0 Å². The first-order valence-electron chi connectivity index (χ1n) is 7.23. The molecular weight excluding hydrogens is 312 g/mol. The minimum Gasteiger partial charge on any atom is -0.467 e. The molecule has 6 heteroatoms. The van der Waals surface area contributed by atoms with Crippen LogP contribution in [0.2, 0.25) is 0 Å². The van der Waals surface area contributed by atoms with Crippen molar-refractivity contribution in [1.29, 1.82) is 0 Å². The molecule has 122 valence electrons. The molecule has 2 rings (SSSR count). The van der Waals surface area contributed by atoms with Crippen LogP contribution in [0, 0.1) is 0 Å². The Balaban J connectivity index is 2.29. The molecule has 5 nitrogen and oxygen atoms in total. The number of amides is 1. The Bertz CT molecular complexity index is 718. The number of fused-ring (bicyclic) bond motifs is 1. The Morgan fingerprint density at radius 1 is 1.22 bits per heavy atom. The third-order valence-electron chi connectivity index (χ3n) is 3.60. The summed E-state index contributed by atoms with van der Waals surface area (Å²) in [4.78, 5) is 24.4. The lowest BCUT2D eigenvalue weighted by Gasteiger charge is -2.17. The summed E-state index contributed by atoms with van der Waals surface area (Å²) in [5, 5.41) is 4.34. The molecule has 0 unspecified atom stereocenters. The van der Waals surface area contributed by atoms with Crippen LogP contribution in [0.1, 0.15) is 16.8 Å². The van der Waals surface area contributed by atoms with Gasteiger partial charge in [-0.05, 0) is 35.9 Å². The van der Waals surface area contributed by atoms with Gasteiger partial charge < -0.3 is 15.8 Å². The van der Waals surface area contributed by atoms with Crippen LogP contribution in [-0.2, 0) is 9.53 Å². The summed E-state index contributed by atoms with van der Waals surface area (Å²) in [6, 6.07) is 10.2. The van der Waals surface area contributed by atoms with E-state index in [1.807, 2.05) is 30.5 Å². The highest BCUT2D eigenvalue weighted by Crippen LogP contribution is 2.24. The average Bonchev–Trinajstić information content (AvgIpc) is 2.58. The van der Waals surface area contributed by atoms with Gasteiger partial charge in [0.15, 0.2) is 0 Å². The van der Waals surface area contributed by atoms with Gasteiger partial charge in [-0.3, -0.25) is 4.79 Å². The van der Waals surface area contributed by atoms with Gasteiger partial charge in [0.2, 0.25) is 0 Å². The van der Waals surface area contributed by atoms with Crippen molar-refractivity contribution in [3.8, 4) is 0 Å². The molecule has 3 N–H and O–H groups in total. The number of methoxy groups -OCH3 is 1. The Kier molecular flexibility index (Phi) is 5.87. The number of nitrogens with one attached hydrogen (secondary N) is 1. The molecule has 0 aliphatic carbocycles. The molecule has 2 aromatic carbocycles. The zero-order valence-corrected chi connectivity index (χ0v) is 14.0. The number of ether oxygens (including phenoxy) is 1. The maximum Gasteiger partial charge on any atom is 0.328 e. The lowest BCUT2D eigenvalue weighted by molar-refractivity contribution is -0.142. The monoisotopic (exact) mass is 332 g/mol. The summed E-state index contributed by atoms with van der Waals surface area (Å²) in [6.07, 6.45) is 2.47. The van der Waals surface area contributed by atoms with E-state index in [0.29, 0.717) is 17.7 Å². The van der Waals surface area contributed by atoms with Gasteiger partial charge in [-0.15, -0.1) is 0 Å². The Labute approximate surface area is 139 Å². The summed E-state index contributed by atoms with van der Waals surface area (Å²) < 4.78 is 4.77. The van der Waals surface area contributed by atoms with Gasteiger partial charge in [0.25, 0.3) is 5.91 Å². The number of hydrogen-bond acceptors (Lipinski definition) is 5. The van der Waals surface area contributed by atoms with E-state index in [9.17, 15) is 9.59 Å². The number of thioether (sulfide) groups is 1. The number of nitrogen functional groups attached to an aromatic ring is 1. The topological polar surface area (TPSA) is 81.4 Å². The molecule has 0 aliphatic heterocycles. The van der Waals surface area contributed by atoms with Crippen LogP contribution in [-0.4, -0.2) is 37.0 Å². The molecule has 0 radical (unpaired) electrons. The fourth-order valence-electron chi connectivity index (χ4n) is 2.38. The predicted octanol–water partition coefficient (Wildman–Crippen LogP) is 2.45. The molecule has 2 aromatic rings. The number of nitrogens with two attached hydrogens (primary N) is 1. The largest absolute Gasteiger partial charge is 0.467 e. The first kappa shape index (κ1) is 17.1. The second kappa shape index (κ2) is 7.87. The quantitative estimate of drug-likeness (QED) is 0.627. The van der Waals surface area contributed by atoms with Gasteiger partial charge >= 0.3 is 5.97 Å². The minimum absolute atomic E-state index is 0.308. The highest BCUT2D eigenvalue weighted by molar-refractivity contribution is 7.98. The number of esters is 1. The molecular formula is C17H20N2O3S. The first-order valence-corrected chi connectivity index (χ1v) is 8.62.